The van der Waals surface area contributed by atoms with Crippen molar-refractivity contribution >= 4 is 12.0 Å². The molecule has 0 bridgehead atoms. The van der Waals surface area contributed by atoms with Crippen LogP contribution in [0.4, 0.5) is 0 Å². The highest BCUT2D eigenvalue weighted by Crippen LogP contribution is 2.04. The van der Waals surface area contributed by atoms with Crippen molar-refractivity contribution in [2.75, 3.05) is 0 Å². The van der Waals surface area contributed by atoms with Crippen LogP contribution in [-0.4, -0.2) is 10.9 Å². The van der Waals surface area contributed by atoms with E-state index in [1.165, 1.54) is 6.08 Å². The van der Waals surface area contributed by atoms with E-state index in [4.69, 9.17) is 5.73 Å². The first-order chi connectivity index (χ1) is 6.22. The van der Waals surface area contributed by atoms with Gasteiger partial charge in [0.25, 0.3) is 0 Å². The third-order valence-corrected chi connectivity index (χ3v) is 1.66. The number of primary amides is 1. The van der Waals surface area contributed by atoms with Crippen molar-refractivity contribution in [3.8, 4) is 0 Å². The fourth-order valence-electron chi connectivity index (χ4n) is 0.971. The molecule has 0 atom stereocenters. The number of aromatic nitrogens is 1. The van der Waals surface area contributed by atoms with Crippen molar-refractivity contribution in [1.29, 1.82) is 0 Å². The summed E-state index contributed by atoms with van der Waals surface area (Å²) in [6, 6.07) is 1.98. The summed E-state index contributed by atoms with van der Waals surface area (Å²) in [5.41, 5.74) is 7.01. The predicted octanol–water partition coefficient (Wildman–Crippen LogP) is 1.14. The van der Waals surface area contributed by atoms with Crippen LogP contribution in [-0.2, 0) is 11.2 Å². The molecule has 3 heteroatoms. The Bertz CT molecular complexity index is 331. The molecule has 1 heterocycles. The van der Waals surface area contributed by atoms with Crippen molar-refractivity contribution in [3.63, 3.8) is 0 Å². The lowest BCUT2D eigenvalue weighted by Crippen LogP contribution is -2.05. The van der Waals surface area contributed by atoms with Crippen molar-refractivity contribution in [3.05, 3.63) is 35.7 Å². The molecular weight excluding hydrogens is 164 g/mol. The average molecular weight is 176 g/mol. The minimum Gasteiger partial charge on any atom is -0.366 e. The van der Waals surface area contributed by atoms with E-state index in [0.29, 0.717) is 0 Å². The lowest BCUT2D eigenvalue weighted by atomic mass is 10.1. The van der Waals surface area contributed by atoms with E-state index in [-0.39, 0.29) is 0 Å². The molecule has 0 aromatic carbocycles. The predicted molar refractivity (Wildman–Crippen MR) is 51.8 cm³/mol. The number of amides is 1. The standard InChI is InChI=1S/C10H12N2O/c1-2-8-5-9(7-12-6-8)3-4-10(11)13/h3-7H,2H2,1H3,(H2,11,13)/b4-3+. The molecule has 0 fully saturated rings. The largest absolute Gasteiger partial charge is 0.366 e. The van der Waals surface area contributed by atoms with Gasteiger partial charge >= 0.3 is 0 Å². The first kappa shape index (κ1) is 9.45. The fraction of sp³-hybridized carbons (Fsp3) is 0.200. The van der Waals surface area contributed by atoms with E-state index >= 15 is 0 Å². The van der Waals surface area contributed by atoms with Gasteiger partial charge in [0.1, 0.15) is 0 Å². The molecule has 0 aliphatic carbocycles. The molecule has 1 amide bonds. The Labute approximate surface area is 77.3 Å². The quantitative estimate of drug-likeness (QED) is 0.702. The molecular formula is C10H12N2O. The Morgan fingerprint density at radius 1 is 1.62 bits per heavy atom. The Morgan fingerprint density at radius 2 is 2.38 bits per heavy atom. The monoisotopic (exact) mass is 176 g/mol. The number of hydrogen-bond donors (Lipinski definition) is 1. The number of rotatable bonds is 3. The highest BCUT2D eigenvalue weighted by Gasteiger charge is 1.91. The molecule has 0 spiro atoms. The summed E-state index contributed by atoms with van der Waals surface area (Å²) in [5.74, 6) is -0.443. The summed E-state index contributed by atoms with van der Waals surface area (Å²) in [5, 5.41) is 0. The molecule has 1 aromatic rings. The van der Waals surface area contributed by atoms with Crippen molar-refractivity contribution in [1.82, 2.24) is 4.98 Å². The van der Waals surface area contributed by atoms with Gasteiger partial charge in [-0.1, -0.05) is 6.92 Å². The van der Waals surface area contributed by atoms with Gasteiger partial charge in [-0.05, 0) is 29.7 Å². The van der Waals surface area contributed by atoms with E-state index < -0.39 is 5.91 Å². The van der Waals surface area contributed by atoms with Crippen molar-refractivity contribution in [2.45, 2.75) is 13.3 Å². The Hall–Kier alpha value is -1.64. The van der Waals surface area contributed by atoms with Gasteiger partial charge in [-0.3, -0.25) is 9.78 Å². The zero-order valence-corrected chi connectivity index (χ0v) is 7.53. The zero-order valence-electron chi connectivity index (χ0n) is 7.53. The van der Waals surface area contributed by atoms with Crippen LogP contribution < -0.4 is 5.73 Å². The number of pyridine rings is 1. The maximum absolute atomic E-state index is 10.4. The third-order valence-electron chi connectivity index (χ3n) is 1.66. The van der Waals surface area contributed by atoms with Gasteiger partial charge in [0.05, 0.1) is 0 Å². The highest BCUT2D eigenvalue weighted by atomic mass is 16.1. The normalized spacial score (nSPS) is 10.5. The van der Waals surface area contributed by atoms with Crippen LogP contribution in [0.5, 0.6) is 0 Å². The summed E-state index contributed by atoms with van der Waals surface area (Å²) < 4.78 is 0. The van der Waals surface area contributed by atoms with Gasteiger partial charge in [-0.2, -0.15) is 0 Å². The first-order valence-corrected chi connectivity index (χ1v) is 4.14. The lowest BCUT2D eigenvalue weighted by molar-refractivity contribution is -0.113. The lowest BCUT2D eigenvalue weighted by Gasteiger charge is -1.96. The molecule has 68 valence electrons. The van der Waals surface area contributed by atoms with Crippen LogP contribution in [0, 0.1) is 0 Å². The number of hydrogen-bond acceptors (Lipinski definition) is 2. The second-order valence-electron chi connectivity index (χ2n) is 2.72. The highest BCUT2D eigenvalue weighted by molar-refractivity contribution is 5.90. The van der Waals surface area contributed by atoms with Crippen LogP contribution in [0.25, 0.3) is 6.08 Å². The summed E-state index contributed by atoms with van der Waals surface area (Å²) >= 11 is 0. The van der Waals surface area contributed by atoms with E-state index in [1.54, 1.807) is 12.3 Å². The van der Waals surface area contributed by atoms with E-state index in [0.717, 1.165) is 17.5 Å². The summed E-state index contributed by atoms with van der Waals surface area (Å²) in [7, 11) is 0. The van der Waals surface area contributed by atoms with Crippen LogP contribution in [0.3, 0.4) is 0 Å². The number of nitrogens with two attached hydrogens (primary N) is 1. The fourth-order valence-corrected chi connectivity index (χ4v) is 0.971. The summed E-state index contributed by atoms with van der Waals surface area (Å²) in [6.45, 7) is 2.05. The minimum atomic E-state index is -0.443. The van der Waals surface area contributed by atoms with Crippen molar-refractivity contribution < 1.29 is 4.79 Å². The van der Waals surface area contributed by atoms with Gasteiger partial charge in [-0.15, -0.1) is 0 Å². The van der Waals surface area contributed by atoms with E-state index in [9.17, 15) is 4.79 Å². The topological polar surface area (TPSA) is 56.0 Å². The molecule has 2 N–H and O–H groups in total. The smallest absolute Gasteiger partial charge is 0.241 e. The number of nitrogens with zero attached hydrogens (tertiary/aromatic N) is 1. The number of aryl methyl sites for hydroxylation is 1. The zero-order chi connectivity index (χ0) is 9.68. The third kappa shape index (κ3) is 3.07. The average Bonchev–Trinajstić information content (AvgIpc) is 2.15. The molecule has 1 aromatic heterocycles. The Morgan fingerprint density at radius 3 is 3.00 bits per heavy atom. The number of carbonyl (C=O) groups is 1. The molecule has 0 saturated heterocycles. The van der Waals surface area contributed by atoms with Gasteiger partial charge in [-0.25, -0.2) is 0 Å². The molecule has 3 nitrogen and oxygen atoms in total. The van der Waals surface area contributed by atoms with Crippen LogP contribution in [0.1, 0.15) is 18.1 Å². The molecule has 13 heavy (non-hydrogen) atoms. The van der Waals surface area contributed by atoms with Gasteiger partial charge in [0, 0.05) is 18.5 Å². The minimum absolute atomic E-state index is 0.443. The van der Waals surface area contributed by atoms with Crippen LogP contribution in [0.15, 0.2) is 24.5 Å². The molecule has 1 rings (SSSR count). The molecule has 0 saturated carbocycles. The maximum atomic E-state index is 10.4. The second kappa shape index (κ2) is 4.40. The van der Waals surface area contributed by atoms with E-state index in [1.807, 2.05) is 12.3 Å². The Balaban J connectivity index is 2.83. The molecule has 0 unspecified atom stereocenters. The van der Waals surface area contributed by atoms with E-state index in [2.05, 4.69) is 11.9 Å². The Kier molecular flexibility index (Phi) is 3.20. The van der Waals surface area contributed by atoms with Gasteiger partial charge in [0.2, 0.25) is 5.91 Å². The molecule has 0 radical (unpaired) electrons. The van der Waals surface area contributed by atoms with Crippen molar-refractivity contribution in [2.24, 2.45) is 5.73 Å². The number of carbonyl (C=O) groups excluding carboxylic acids is 1. The first-order valence-electron chi connectivity index (χ1n) is 4.14. The second-order valence-corrected chi connectivity index (χ2v) is 2.72. The van der Waals surface area contributed by atoms with Gasteiger partial charge < -0.3 is 5.73 Å². The van der Waals surface area contributed by atoms with Crippen LogP contribution >= 0.6 is 0 Å². The summed E-state index contributed by atoms with van der Waals surface area (Å²) in [6.07, 6.45) is 7.43. The van der Waals surface area contributed by atoms with Gasteiger partial charge in [0.15, 0.2) is 0 Å². The van der Waals surface area contributed by atoms with Crippen LogP contribution in [0.2, 0.25) is 0 Å². The maximum Gasteiger partial charge on any atom is 0.241 e. The molecule has 0 aliphatic rings. The summed E-state index contributed by atoms with van der Waals surface area (Å²) in [4.78, 5) is 14.5. The molecule has 0 aliphatic heterocycles. The SMILES string of the molecule is CCc1cncc(/C=C/C(N)=O)c1.